The van der Waals surface area contributed by atoms with Crippen LogP contribution >= 0.6 is 11.6 Å². The Kier molecular flexibility index (Phi) is 5.63. The molecule has 4 aromatic rings. The molecule has 1 N–H and O–H groups in total. The molecule has 1 atom stereocenters. The normalized spacial score (nSPS) is 16.5. The zero-order chi connectivity index (χ0) is 24.0. The number of nitrogens with zero attached hydrogens (tertiary/aromatic N) is 3. The molecule has 7 nitrogen and oxygen atoms in total. The van der Waals surface area contributed by atoms with Crippen LogP contribution in [-0.4, -0.2) is 36.5 Å². The third-order valence-electron chi connectivity index (χ3n) is 5.83. The molecule has 1 saturated heterocycles. The van der Waals surface area contributed by atoms with Crippen molar-refractivity contribution in [3.8, 4) is 11.3 Å². The van der Waals surface area contributed by atoms with E-state index in [-0.39, 0.29) is 23.5 Å². The fraction of sp³-hybridized carbons (Fsp3) is 0.167. The molecule has 2 heterocycles. The summed E-state index contributed by atoms with van der Waals surface area (Å²) < 4.78 is 45.1. The number of fused-ring (bicyclic) bond motifs is 1. The maximum absolute atomic E-state index is 14.9. The first-order valence-electron chi connectivity index (χ1n) is 10.5. The number of benzene rings is 3. The van der Waals surface area contributed by atoms with Gasteiger partial charge in [-0.25, -0.2) is 17.8 Å². The number of carbonyl (C=O) groups is 1. The summed E-state index contributed by atoms with van der Waals surface area (Å²) in [6.07, 6.45) is 3.61. The van der Waals surface area contributed by atoms with Gasteiger partial charge in [0.25, 0.3) is 0 Å². The van der Waals surface area contributed by atoms with Gasteiger partial charge in [0, 0.05) is 30.4 Å². The van der Waals surface area contributed by atoms with E-state index in [1.54, 1.807) is 47.4 Å². The molecule has 0 radical (unpaired) electrons. The van der Waals surface area contributed by atoms with Gasteiger partial charge in [-0.15, -0.1) is 0 Å². The maximum atomic E-state index is 14.9. The van der Waals surface area contributed by atoms with E-state index in [1.165, 1.54) is 29.2 Å². The predicted octanol–water partition coefficient (Wildman–Crippen LogP) is 4.12. The van der Waals surface area contributed by atoms with Crippen LogP contribution in [0.3, 0.4) is 0 Å². The van der Waals surface area contributed by atoms with Gasteiger partial charge in [-0.05, 0) is 53.6 Å². The van der Waals surface area contributed by atoms with Crippen LogP contribution in [-0.2, 0) is 21.9 Å². The summed E-state index contributed by atoms with van der Waals surface area (Å²) in [6, 6.07) is 13.4. The van der Waals surface area contributed by atoms with Crippen molar-refractivity contribution in [3.05, 3.63) is 78.0 Å². The predicted molar refractivity (Wildman–Crippen MR) is 129 cm³/mol. The van der Waals surface area contributed by atoms with Gasteiger partial charge >= 0.3 is 0 Å². The minimum atomic E-state index is -3.97. The Morgan fingerprint density at radius 2 is 1.85 bits per heavy atom. The number of amides is 1. The minimum absolute atomic E-state index is 0.0412. The van der Waals surface area contributed by atoms with Crippen molar-refractivity contribution in [1.82, 2.24) is 14.3 Å². The first kappa shape index (κ1) is 22.5. The summed E-state index contributed by atoms with van der Waals surface area (Å²) in [6.45, 7) is 0.197. The van der Waals surface area contributed by atoms with Crippen LogP contribution in [0.2, 0.25) is 5.02 Å². The van der Waals surface area contributed by atoms with E-state index in [1.807, 2.05) is 7.05 Å². The Bertz CT molecular complexity index is 1540. The molecule has 0 spiro atoms. The summed E-state index contributed by atoms with van der Waals surface area (Å²) in [5, 5.41) is 2.07. The molecule has 10 heteroatoms. The average Bonchev–Trinajstić information content (AvgIpc) is 3.39. The molecule has 1 amide bonds. The Morgan fingerprint density at radius 3 is 2.59 bits per heavy atom. The Hall–Kier alpha value is -3.27. The number of carbonyl (C=O) groups excluding carboxylic acids is 1. The van der Waals surface area contributed by atoms with Crippen molar-refractivity contribution in [2.75, 3.05) is 11.4 Å². The molecule has 1 unspecified atom stereocenters. The molecule has 34 heavy (non-hydrogen) atoms. The van der Waals surface area contributed by atoms with Gasteiger partial charge < -0.3 is 9.47 Å². The van der Waals surface area contributed by atoms with Gasteiger partial charge in [-0.2, -0.15) is 4.72 Å². The van der Waals surface area contributed by atoms with Crippen LogP contribution in [0.4, 0.5) is 10.1 Å². The minimum Gasteiger partial charge on any atom is -0.340 e. The molecule has 0 aliphatic carbocycles. The third kappa shape index (κ3) is 4.18. The summed E-state index contributed by atoms with van der Waals surface area (Å²) >= 11 is 5.99. The van der Waals surface area contributed by atoms with Crippen molar-refractivity contribution in [1.29, 1.82) is 0 Å². The number of halogens is 2. The number of nitrogens with one attached hydrogen (secondary N) is 1. The summed E-state index contributed by atoms with van der Waals surface area (Å²) in [7, 11) is -2.15. The molecule has 0 bridgehead atoms. The van der Waals surface area contributed by atoms with E-state index < -0.39 is 27.8 Å². The largest absolute Gasteiger partial charge is 0.340 e. The second kappa shape index (κ2) is 8.50. The monoisotopic (exact) mass is 498 g/mol. The van der Waals surface area contributed by atoms with Crippen molar-refractivity contribution < 1.29 is 17.6 Å². The lowest BCUT2D eigenvalue weighted by atomic mass is 10.1. The summed E-state index contributed by atoms with van der Waals surface area (Å²) in [4.78, 5) is 18.5. The van der Waals surface area contributed by atoms with Gasteiger partial charge in [0.05, 0.1) is 22.6 Å². The lowest BCUT2D eigenvalue weighted by Crippen LogP contribution is -2.41. The molecule has 1 aromatic heterocycles. The van der Waals surface area contributed by atoms with E-state index in [9.17, 15) is 17.6 Å². The van der Waals surface area contributed by atoms with Crippen LogP contribution in [0.1, 0.15) is 6.42 Å². The zero-order valence-electron chi connectivity index (χ0n) is 18.1. The van der Waals surface area contributed by atoms with E-state index in [4.69, 9.17) is 11.6 Å². The van der Waals surface area contributed by atoms with Gasteiger partial charge in [0.2, 0.25) is 15.9 Å². The summed E-state index contributed by atoms with van der Waals surface area (Å²) in [5.41, 5.74) is 1.31. The second-order valence-electron chi connectivity index (χ2n) is 8.20. The Labute approximate surface area is 200 Å². The summed E-state index contributed by atoms with van der Waals surface area (Å²) in [5.74, 6) is -1.08. The third-order valence-corrected chi connectivity index (χ3v) is 7.53. The van der Waals surface area contributed by atoms with Crippen LogP contribution in [0.25, 0.3) is 22.0 Å². The number of imidazole rings is 1. The molecule has 1 aliphatic heterocycles. The number of rotatable bonds is 5. The van der Waals surface area contributed by atoms with Crippen molar-refractivity contribution in [2.24, 2.45) is 7.05 Å². The average molecular weight is 499 g/mol. The highest BCUT2D eigenvalue weighted by Crippen LogP contribution is 2.29. The number of aryl methyl sites for hydroxylation is 1. The highest BCUT2D eigenvalue weighted by Gasteiger charge is 2.36. The van der Waals surface area contributed by atoms with Crippen LogP contribution < -0.4 is 9.62 Å². The number of anilines is 1. The smallest absolute Gasteiger partial charge is 0.245 e. The van der Waals surface area contributed by atoms with E-state index in [2.05, 4.69) is 9.71 Å². The zero-order valence-corrected chi connectivity index (χ0v) is 19.6. The number of aromatic nitrogens is 2. The van der Waals surface area contributed by atoms with Crippen LogP contribution in [0.5, 0.6) is 0 Å². The maximum Gasteiger partial charge on any atom is 0.245 e. The van der Waals surface area contributed by atoms with Crippen molar-refractivity contribution >= 4 is 44.0 Å². The molecule has 174 valence electrons. The molecular weight excluding hydrogens is 479 g/mol. The number of hydrogen-bond acceptors (Lipinski definition) is 4. The molecule has 0 saturated carbocycles. The quantitative estimate of drug-likeness (QED) is 0.448. The highest BCUT2D eigenvalue weighted by molar-refractivity contribution is 7.89. The van der Waals surface area contributed by atoms with E-state index in [0.29, 0.717) is 21.7 Å². The SMILES string of the molecule is Cn1cnc(-c2ccc(N3CCC(NS(=O)(=O)c4ccc5cc(Cl)ccc5c4)C3=O)c(F)c2)c1. The number of hydrogen-bond donors (Lipinski definition) is 1. The van der Waals surface area contributed by atoms with Crippen LogP contribution in [0, 0.1) is 5.82 Å². The van der Waals surface area contributed by atoms with Crippen LogP contribution in [0.15, 0.2) is 72.0 Å². The van der Waals surface area contributed by atoms with E-state index in [0.717, 1.165) is 5.39 Å². The molecule has 3 aromatic carbocycles. The fourth-order valence-electron chi connectivity index (χ4n) is 4.09. The van der Waals surface area contributed by atoms with E-state index >= 15 is 0 Å². The van der Waals surface area contributed by atoms with Crippen molar-refractivity contribution in [2.45, 2.75) is 17.4 Å². The molecule has 1 fully saturated rings. The lowest BCUT2D eigenvalue weighted by Gasteiger charge is -2.18. The molecule has 5 rings (SSSR count). The first-order valence-corrected chi connectivity index (χ1v) is 12.4. The lowest BCUT2D eigenvalue weighted by molar-refractivity contribution is -0.118. The van der Waals surface area contributed by atoms with Crippen molar-refractivity contribution in [3.63, 3.8) is 0 Å². The first-order chi connectivity index (χ1) is 16.2. The fourth-order valence-corrected chi connectivity index (χ4v) is 5.53. The van der Waals surface area contributed by atoms with Gasteiger partial charge in [0.1, 0.15) is 11.9 Å². The van der Waals surface area contributed by atoms with Gasteiger partial charge in [0.15, 0.2) is 0 Å². The van der Waals surface area contributed by atoms with Gasteiger partial charge in [-0.1, -0.05) is 29.8 Å². The molecular formula is C24H20ClFN4O3S. The molecule has 1 aliphatic rings. The standard InChI is InChI=1S/C24H20ClFN4O3S/c1-29-13-22(27-14-29)17-4-7-23(20(26)12-17)30-9-8-21(24(30)31)28-34(32,33)19-6-3-15-10-18(25)5-2-16(15)11-19/h2-7,10-14,21,28H,8-9H2,1H3. The van der Waals surface area contributed by atoms with Gasteiger partial charge in [-0.3, -0.25) is 4.79 Å². The Balaban J connectivity index is 1.35. The topological polar surface area (TPSA) is 84.3 Å². The highest BCUT2D eigenvalue weighted by atomic mass is 35.5. The number of sulfonamides is 1. The second-order valence-corrected chi connectivity index (χ2v) is 10.3. The Morgan fingerprint density at radius 1 is 1.09 bits per heavy atom.